The zero-order valence-electron chi connectivity index (χ0n) is 11.7. The average Bonchev–Trinajstić information content (AvgIpc) is 2.57. The maximum atomic E-state index is 6.24. The summed E-state index contributed by atoms with van der Waals surface area (Å²) in [5, 5.41) is 0.536. The zero-order chi connectivity index (χ0) is 14.3. The number of nitrogens with zero attached hydrogens (tertiary/aromatic N) is 3. The molecule has 1 atom stereocenters. The van der Waals surface area contributed by atoms with Crippen molar-refractivity contribution in [1.29, 1.82) is 0 Å². The van der Waals surface area contributed by atoms with Crippen molar-refractivity contribution in [2.45, 2.75) is 19.3 Å². The van der Waals surface area contributed by atoms with Crippen LogP contribution in [0.15, 0.2) is 24.5 Å². The smallest absolute Gasteiger partial charge is 0.140 e. The van der Waals surface area contributed by atoms with Crippen molar-refractivity contribution in [2.75, 3.05) is 19.1 Å². The van der Waals surface area contributed by atoms with Crippen molar-refractivity contribution in [3.05, 3.63) is 40.8 Å². The Morgan fingerprint density at radius 2 is 2.15 bits per heavy atom. The second-order valence-corrected chi connectivity index (χ2v) is 5.41. The van der Waals surface area contributed by atoms with E-state index in [9.17, 15) is 0 Å². The third-order valence-electron chi connectivity index (χ3n) is 3.83. The Balaban J connectivity index is 2.20. The van der Waals surface area contributed by atoms with E-state index in [-0.39, 0.29) is 0 Å². The van der Waals surface area contributed by atoms with E-state index in [4.69, 9.17) is 16.3 Å². The summed E-state index contributed by atoms with van der Waals surface area (Å²) in [5.74, 6) is 2.07. The molecule has 0 aliphatic carbocycles. The Bertz CT molecular complexity index is 660. The van der Waals surface area contributed by atoms with Crippen LogP contribution in [0.4, 0.5) is 11.5 Å². The fourth-order valence-corrected chi connectivity index (χ4v) is 2.94. The molecule has 0 amide bonds. The molecule has 2 aromatic rings. The van der Waals surface area contributed by atoms with E-state index in [0.717, 1.165) is 29.2 Å². The van der Waals surface area contributed by atoms with Gasteiger partial charge in [-0.1, -0.05) is 18.5 Å². The van der Waals surface area contributed by atoms with Gasteiger partial charge in [-0.25, -0.2) is 9.97 Å². The van der Waals surface area contributed by atoms with Gasteiger partial charge in [-0.05, 0) is 36.1 Å². The summed E-state index contributed by atoms with van der Waals surface area (Å²) in [6, 6.07) is 6.12. The number of ether oxygens (including phenoxy) is 1. The lowest BCUT2D eigenvalue weighted by Gasteiger charge is -2.21. The van der Waals surface area contributed by atoms with E-state index >= 15 is 0 Å². The molecule has 4 nitrogen and oxygen atoms in total. The highest BCUT2D eigenvalue weighted by Gasteiger charge is 2.25. The first-order valence-corrected chi connectivity index (χ1v) is 6.90. The van der Waals surface area contributed by atoms with Crippen LogP contribution in [0.3, 0.4) is 0 Å². The van der Waals surface area contributed by atoms with Gasteiger partial charge < -0.3 is 9.64 Å². The molecule has 1 aliphatic rings. The predicted molar refractivity (Wildman–Crippen MR) is 80.2 cm³/mol. The van der Waals surface area contributed by atoms with Crippen LogP contribution in [0.25, 0.3) is 0 Å². The molecule has 0 saturated carbocycles. The first kappa shape index (κ1) is 13.2. The minimum Gasteiger partial charge on any atom is -0.497 e. The Labute approximate surface area is 123 Å². The summed E-state index contributed by atoms with van der Waals surface area (Å²) >= 11 is 6.24. The van der Waals surface area contributed by atoms with Crippen LogP contribution in [0, 0.1) is 0 Å². The topological polar surface area (TPSA) is 38.3 Å². The monoisotopic (exact) mass is 289 g/mol. The number of hydrogen-bond donors (Lipinski definition) is 0. The van der Waals surface area contributed by atoms with Crippen molar-refractivity contribution < 1.29 is 4.74 Å². The van der Waals surface area contributed by atoms with E-state index in [1.54, 1.807) is 7.11 Å². The molecule has 1 aromatic heterocycles. The summed E-state index contributed by atoms with van der Waals surface area (Å²) in [4.78, 5) is 10.6. The lowest BCUT2D eigenvalue weighted by molar-refractivity contribution is 0.414. The van der Waals surface area contributed by atoms with Crippen LogP contribution >= 0.6 is 11.6 Å². The molecule has 0 saturated heterocycles. The highest BCUT2D eigenvalue weighted by atomic mass is 35.5. The number of methoxy groups -OCH3 is 1. The van der Waals surface area contributed by atoms with E-state index in [1.165, 1.54) is 11.9 Å². The van der Waals surface area contributed by atoms with Crippen molar-refractivity contribution >= 4 is 23.1 Å². The number of benzene rings is 1. The van der Waals surface area contributed by atoms with E-state index < -0.39 is 0 Å². The Hall–Kier alpha value is -1.81. The third-order valence-corrected chi connectivity index (χ3v) is 4.15. The molecule has 0 unspecified atom stereocenters. The van der Waals surface area contributed by atoms with Gasteiger partial charge in [-0.2, -0.15) is 0 Å². The molecular formula is C15H16ClN3O. The van der Waals surface area contributed by atoms with Crippen LogP contribution in [-0.4, -0.2) is 24.1 Å². The van der Waals surface area contributed by atoms with E-state index in [0.29, 0.717) is 11.1 Å². The Morgan fingerprint density at radius 1 is 1.35 bits per heavy atom. The number of hydrogen-bond acceptors (Lipinski definition) is 4. The molecule has 0 bridgehead atoms. The highest BCUT2D eigenvalue weighted by Crippen LogP contribution is 2.41. The predicted octanol–water partition coefficient (Wildman–Crippen LogP) is 3.57. The maximum absolute atomic E-state index is 6.24. The summed E-state index contributed by atoms with van der Waals surface area (Å²) in [6.45, 7) is 2.19. The fourth-order valence-electron chi connectivity index (χ4n) is 2.74. The maximum Gasteiger partial charge on any atom is 0.140 e. The Kier molecular flexibility index (Phi) is 3.26. The number of halogens is 1. The van der Waals surface area contributed by atoms with Gasteiger partial charge >= 0.3 is 0 Å². The lowest BCUT2D eigenvalue weighted by atomic mass is 9.94. The van der Waals surface area contributed by atoms with Crippen LogP contribution in [0.2, 0.25) is 5.15 Å². The molecule has 0 N–H and O–H groups in total. The molecule has 5 heteroatoms. The van der Waals surface area contributed by atoms with Gasteiger partial charge in [-0.15, -0.1) is 0 Å². The molecular weight excluding hydrogens is 274 g/mol. The molecule has 1 aliphatic heterocycles. The van der Waals surface area contributed by atoms with Gasteiger partial charge in [0.25, 0.3) is 0 Å². The first-order valence-electron chi connectivity index (χ1n) is 6.53. The Morgan fingerprint density at radius 3 is 2.90 bits per heavy atom. The summed E-state index contributed by atoms with van der Waals surface area (Å²) in [5.41, 5.74) is 3.37. The van der Waals surface area contributed by atoms with Crippen LogP contribution in [0.5, 0.6) is 5.75 Å². The summed E-state index contributed by atoms with van der Waals surface area (Å²) in [6.07, 6.45) is 2.33. The second kappa shape index (κ2) is 4.94. The molecule has 20 heavy (non-hydrogen) atoms. The normalized spacial score (nSPS) is 17.2. The van der Waals surface area contributed by atoms with E-state index in [1.807, 2.05) is 13.1 Å². The molecule has 0 spiro atoms. The lowest BCUT2D eigenvalue weighted by Crippen LogP contribution is -2.13. The van der Waals surface area contributed by atoms with Crippen LogP contribution in [0.1, 0.15) is 24.0 Å². The van der Waals surface area contributed by atoms with Crippen molar-refractivity contribution in [3.8, 4) is 5.75 Å². The fraction of sp³-hybridized carbons (Fsp3) is 0.333. The highest BCUT2D eigenvalue weighted by molar-refractivity contribution is 6.30. The van der Waals surface area contributed by atoms with Crippen molar-refractivity contribution in [1.82, 2.24) is 9.97 Å². The van der Waals surface area contributed by atoms with Gasteiger partial charge in [0.15, 0.2) is 0 Å². The minimum absolute atomic E-state index is 0.326. The van der Waals surface area contributed by atoms with Gasteiger partial charge in [0, 0.05) is 18.3 Å². The van der Waals surface area contributed by atoms with E-state index in [2.05, 4.69) is 33.9 Å². The van der Waals surface area contributed by atoms with Gasteiger partial charge in [-0.3, -0.25) is 0 Å². The molecule has 2 heterocycles. The minimum atomic E-state index is 0.326. The number of rotatable bonds is 1. The van der Waals surface area contributed by atoms with Crippen molar-refractivity contribution in [3.63, 3.8) is 0 Å². The second-order valence-electron chi connectivity index (χ2n) is 5.06. The molecule has 1 aromatic carbocycles. The number of fused-ring (bicyclic) bond motifs is 2. The van der Waals surface area contributed by atoms with Crippen LogP contribution < -0.4 is 9.64 Å². The third kappa shape index (κ3) is 2.00. The average molecular weight is 290 g/mol. The quantitative estimate of drug-likeness (QED) is 0.752. The van der Waals surface area contributed by atoms with Gasteiger partial charge in [0.05, 0.1) is 7.11 Å². The molecule has 3 rings (SSSR count). The zero-order valence-corrected chi connectivity index (χ0v) is 12.5. The van der Waals surface area contributed by atoms with Gasteiger partial charge in [0.2, 0.25) is 0 Å². The van der Waals surface area contributed by atoms with Crippen molar-refractivity contribution in [2.24, 2.45) is 0 Å². The standard InChI is InChI=1S/C15H16ClN3O/c1-9-6-12-14(16)17-8-18-15(12)19(2)13-5-4-10(20-3)7-11(9)13/h4-5,7-9H,6H2,1-3H3/t9-/m1/s1. The number of anilines is 2. The largest absolute Gasteiger partial charge is 0.497 e. The van der Waals surface area contributed by atoms with Gasteiger partial charge in [0.1, 0.15) is 23.0 Å². The number of aromatic nitrogens is 2. The molecule has 104 valence electrons. The summed E-state index contributed by atoms with van der Waals surface area (Å²) in [7, 11) is 3.69. The molecule has 0 fully saturated rings. The molecule has 0 radical (unpaired) electrons. The summed E-state index contributed by atoms with van der Waals surface area (Å²) < 4.78 is 5.33. The first-order chi connectivity index (χ1) is 9.61. The van der Waals surface area contributed by atoms with Crippen LogP contribution in [-0.2, 0) is 6.42 Å². The SMILES string of the molecule is COc1ccc2c(c1)[C@H](C)Cc1c(Cl)ncnc1N2C.